The second-order valence-corrected chi connectivity index (χ2v) is 8.15. The van der Waals surface area contributed by atoms with E-state index in [2.05, 4.69) is 17.1 Å². The molecule has 0 aromatic heterocycles. The van der Waals surface area contributed by atoms with Crippen molar-refractivity contribution in [3.8, 4) is 0 Å². The standard InChI is InChI=1S/C12H24N2O2S/c1-12(3-5-13-6-4-12)11-14-7-2-9-17(15,16)10-8-14/h13H,2-11H2,1H3. The zero-order chi connectivity index (χ0) is 12.4. The number of sulfone groups is 1. The van der Waals surface area contributed by atoms with E-state index >= 15 is 0 Å². The fraction of sp³-hybridized carbons (Fsp3) is 1.00. The van der Waals surface area contributed by atoms with Crippen LogP contribution in [-0.2, 0) is 9.84 Å². The zero-order valence-corrected chi connectivity index (χ0v) is 11.6. The van der Waals surface area contributed by atoms with Crippen LogP contribution in [0, 0.1) is 5.41 Å². The van der Waals surface area contributed by atoms with Crippen molar-refractivity contribution in [2.75, 3.05) is 44.2 Å². The van der Waals surface area contributed by atoms with Gasteiger partial charge in [0.25, 0.3) is 0 Å². The lowest BCUT2D eigenvalue weighted by atomic mass is 9.80. The molecule has 2 fully saturated rings. The minimum Gasteiger partial charge on any atom is -0.317 e. The maximum atomic E-state index is 11.6. The summed E-state index contributed by atoms with van der Waals surface area (Å²) in [5.74, 6) is 0.725. The quantitative estimate of drug-likeness (QED) is 0.785. The summed E-state index contributed by atoms with van der Waals surface area (Å²) >= 11 is 0. The molecule has 2 heterocycles. The van der Waals surface area contributed by atoms with E-state index in [1.165, 1.54) is 12.8 Å². The lowest BCUT2D eigenvalue weighted by Gasteiger charge is -2.38. The van der Waals surface area contributed by atoms with Crippen molar-refractivity contribution in [1.29, 1.82) is 0 Å². The largest absolute Gasteiger partial charge is 0.317 e. The van der Waals surface area contributed by atoms with Gasteiger partial charge in [-0.25, -0.2) is 8.42 Å². The molecule has 0 aromatic rings. The Morgan fingerprint density at radius 1 is 1.18 bits per heavy atom. The van der Waals surface area contributed by atoms with Crippen LogP contribution in [0.2, 0.25) is 0 Å². The molecule has 0 spiro atoms. The molecule has 2 saturated heterocycles. The van der Waals surface area contributed by atoms with E-state index in [4.69, 9.17) is 0 Å². The average Bonchev–Trinajstić information content (AvgIpc) is 2.41. The Balaban J connectivity index is 1.90. The highest BCUT2D eigenvalue weighted by Crippen LogP contribution is 2.29. The number of piperidine rings is 1. The molecule has 0 unspecified atom stereocenters. The second-order valence-electron chi connectivity index (χ2n) is 5.84. The van der Waals surface area contributed by atoms with Gasteiger partial charge in [0.05, 0.1) is 11.5 Å². The van der Waals surface area contributed by atoms with Crippen molar-refractivity contribution in [3.05, 3.63) is 0 Å². The van der Waals surface area contributed by atoms with Crippen LogP contribution >= 0.6 is 0 Å². The first-order valence-electron chi connectivity index (χ1n) is 6.63. The van der Waals surface area contributed by atoms with Crippen molar-refractivity contribution in [1.82, 2.24) is 10.2 Å². The number of hydrogen-bond acceptors (Lipinski definition) is 4. The van der Waals surface area contributed by atoms with E-state index in [1.807, 2.05) is 0 Å². The van der Waals surface area contributed by atoms with Crippen LogP contribution in [0.15, 0.2) is 0 Å². The summed E-state index contributed by atoms with van der Waals surface area (Å²) in [6.07, 6.45) is 3.21. The third-order valence-corrected chi connectivity index (χ3v) is 5.78. The van der Waals surface area contributed by atoms with Crippen molar-refractivity contribution >= 4 is 9.84 Å². The highest BCUT2D eigenvalue weighted by Gasteiger charge is 2.30. The Morgan fingerprint density at radius 3 is 2.59 bits per heavy atom. The van der Waals surface area contributed by atoms with Crippen LogP contribution in [-0.4, -0.2) is 57.5 Å². The predicted octanol–water partition coefficient (Wildman–Crippen LogP) is 0.497. The van der Waals surface area contributed by atoms with Gasteiger partial charge in [-0.1, -0.05) is 6.92 Å². The lowest BCUT2D eigenvalue weighted by molar-refractivity contribution is 0.134. The number of nitrogens with one attached hydrogen (secondary N) is 1. The fourth-order valence-corrected chi connectivity index (χ4v) is 4.19. The van der Waals surface area contributed by atoms with Gasteiger partial charge < -0.3 is 10.2 Å². The Hall–Kier alpha value is -0.130. The summed E-state index contributed by atoms with van der Waals surface area (Å²) in [5, 5.41) is 3.39. The van der Waals surface area contributed by atoms with Gasteiger partial charge in [-0.3, -0.25) is 0 Å². The van der Waals surface area contributed by atoms with Gasteiger partial charge in [0, 0.05) is 13.1 Å². The average molecular weight is 260 g/mol. The molecule has 0 bridgehead atoms. The monoisotopic (exact) mass is 260 g/mol. The third-order valence-electron chi connectivity index (χ3n) is 4.06. The molecule has 0 atom stereocenters. The lowest BCUT2D eigenvalue weighted by Crippen LogP contribution is -2.43. The van der Waals surface area contributed by atoms with Crippen LogP contribution in [0.3, 0.4) is 0 Å². The topological polar surface area (TPSA) is 49.4 Å². The molecule has 5 heteroatoms. The van der Waals surface area contributed by atoms with Crippen LogP contribution in [0.5, 0.6) is 0 Å². The number of nitrogens with zero attached hydrogens (tertiary/aromatic N) is 1. The molecular weight excluding hydrogens is 236 g/mol. The molecule has 2 aliphatic heterocycles. The first-order valence-corrected chi connectivity index (χ1v) is 8.45. The molecule has 0 radical (unpaired) electrons. The predicted molar refractivity (Wildman–Crippen MR) is 69.9 cm³/mol. The van der Waals surface area contributed by atoms with Gasteiger partial charge in [-0.15, -0.1) is 0 Å². The third kappa shape index (κ3) is 3.93. The van der Waals surface area contributed by atoms with E-state index in [1.54, 1.807) is 0 Å². The van der Waals surface area contributed by atoms with Crippen molar-refractivity contribution in [2.24, 2.45) is 5.41 Å². The summed E-state index contributed by atoms with van der Waals surface area (Å²) < 4.78 is 23.1. The number of hydrogen-bond donors (Lipinski definition) is 1. The summed E-state index contributed by atoms with van der Waals surface area (Å²) in [5.41, 5.74) is 0.374. The fourth-order valence-electron chi connectivity index (χ4n) is 2.88. The van der Waals surface area contributed by atoms with Crippen LogP contribution < -0.4 is 5.32 Å². The molecule has 0 saturated carbocycles. The molecule has 2 aliphatic rings. The summed E-state index contributed by atoms with van der Waals surface area (Å²) in [6.45, 7) is 7.27. The zero-order valence-electron chi connectivity index (χ0n) is 10.7. The maximum Gasteiger partial charge on any atom is 0.151 e. The normalized spacial score (nSPS) is 29.7. The first-order chi connectivity index (χ1) is 7.99. The van der Waals surface area contributed by atoms with Crippen molar-refractivity contribution in [2.45, 2.75) is 26.2 Å². The molecule has 100 valence electrons. The summed E-state index contributed by atoms with van der Waals surface area (Å²) in [6, 6.07) is 0. The van der Waals surface area contributed by atoms with Gasteiger partial charge >= 0.3 is 0 Å². The van der Waals surface area contributed by atoms with Gasteiger partial charge in [0.2, 0.25) is 0 Å². The second kappa shape index (κ2) is 5.24. The van der Waals surface area contributed by atoms with Gasteiger partial charge in [0.1, 0.15) is 0 Å². The Bertz CT molecular complexity index is 348. The summed E-state index contributed by atoms with van der Waals surface area (Å²) in [7, 11) is -2.77. The van der Waals surface area contributed by atoms with E-state index in [0.29, 0.717) is 16.9 Å². The maximum absolute atomic E-state index is 11.6. The van der Waals surface area contributed by atoms with E-state index < -0.39 is 9.84 Å². The van der Waals surface area contributed by atoms with Crippen molar-refractivity contribution in [3.63, 3.8) is 0 Å². The minimum atomic E-state index is -2.77. The van der Waals surface area contributed by atoms with E-state index in [9.17, 15) is 8.42 Å². The molecule has 0 aliphatic carbocycles. The molecular formula is C12H24N2O2S. The van der Waals surface area contributed by atoms with E-state index in [-0.39, 0.29) is 0 Å². The molecule has 0 amide bonds. The van der Waals surface area contributed by atoms with Crippen LogP contribution in [0.4, 0.5) is 0 Å². The van der Waals surface area contributed by atoms with Gasteiger partial charge in [0.15, 0.2) is 9.84 Å². The minimum absolute atomic E-state index is 0.349. The molecule has 4 nitrogen and oxygen atoms in total. The van der Waals surface area contributed by atoms with Crippen LogP contribution in [0.1, 0.15) is 26.2 Å². The van der Waals surface area contributed by atoms with Gasteiger partial charge in [-0.2, -0.15) is 0 Å². The van der Waals surface area contributed by atoms with E-state index in [0.717, 1.165) is 39.1 Å². The molecule has 2 rings (SSSR count). The SMILES string of the molecule is CC1(CN2CCCS(=O)(=O)CC2)CCNCC1. The Morgan fingerprint density at radius 2 is 1.88 bits per heavy atom. The smallest absolute Gasteiger partial charge is 0.151 e. The molecule has 0 aromatic carbocycles. The highest BCUT2D eigenvalue weighted by molar-refractivity contribution is 7.91. The van der Waals surface area contributed by atoms with Crippen molar-refractivity contribution < 1.29 is 8.42 Å². The molecule has 17 heavy (non-hydrogen) atoms. The van der Waals surface area contributed by atoms with Gasteiger partial charge in [-0.05, 0) is 44.3 Å². The highest BCUT2D eigenvalue weighted by atomic mass is 32.2. The van der Waals surface area contributed by atoms with Crippen LogP contribution in [0.25, 0.3) is 0 Å². The summed E-state index contributed by atoms with van der Waals surface area (Å²) in [4.78, 5) is 2.36. The Kier molecular flexibility index (Phi) is 4.10. The Labute approximate surface area is 105 Å². The number of rotatable bonds is 2. The molecule has 1 N–H and O–H groups in total. The first kappa shape index (κ1) is 13.3.